The van der Waals surface area contributed by atoms with Crippen LogP contribution in [0.3, 0.4) is 0 Å². The van der Waals surface area contributed by atoms with E-state index in [9.17, 15) is 27.6 Å². The first-order valence-corrected chi connectivity index (χ1v) is 10.2. The number of pyridine rings is 1. The van der Waals surface area contributed by atoms with Crippen molar-refractivity contribution in [3.63, 3.8) is 0 Å². The van der Waals surface area contributed by atoms with E-state index in [0.717, 1.165) is 42.0 Å². The van der Waals surface area contributed by atoms with Gasteiger partial charge in [0.15, 0.2) is 0 Å². The Morgan fingerprint density at radius 3 is 1.97 bits per heavy atom. The highest BCUT2D eigenvalue weighted by molar-refractivity contribution is 7.89. The maximum atomic E-state index is 12.6. The molecule has 0 aliphatic carbocycles. The second-order valence-corrected chi connectivity index (χ2v) is 7.76. The molecule has 0 aliphatic heterocycles. The molecular weight excluding hydrogens is 406 g/mol. The van der Waals surface area contributed by atoms with Gasteiger partial charge in [0.1, 0.15) is 19.6 Å². The van der Waals surface area contributed by atoms with Gasteiger partial charge in [0, 0.05) is 25.4 Å². The first-order valence-electron chi connectivity index (χ1n) is 8.72. The summed E-state index contributed by atoms with van der Waals surface area (Å²) in [4.78, 5) is 48.4. The lowest BCUT2D eigenvalue weighted by atomic mass is 10.4. The molecule has 0 atom stereocenters. The highest BCUT2D eigenvalue weighted by atomic mass is 32.2. The number of hydrogen-bond donors (Lipinski definition) is 0. The summed E-state index contributed by atoms with van der Waals surface area (Å²) in [6.45, 7) is 2.20. The third kappa shape index (κ3) is 6.39. The van der Waals surface area contributed by atoms with Gasteiger partial charge in [0.05, 0.1) is 19.1 Å². The first kappa shape index (κ1) is 24.3. The smallest absolute Gasteiger partial charge is 0.325 e. The van der Waals surface area contributed by atoms with Crippen LogP contribution in [-0.4, -0.2) is 80.4 Å². The van der Waals surface area contributed by atoms with Crippen molar-refractivity contribution < 1.29 is 32.3 Å². The van der Waals surface area contributed by atoms with Gasteiger partial charge >= 0.3 is 11.9 Å². The monoisotopic (exact) mass is 431 g/mol. The highest BCUT2D eigenvalue weighted by Crippen LogP contribution is 2.13. The Morgan fingerprint density at radius 2 is 1.52 bits per heavy atom. The number of methoxy groups -OCH3 is 2. The van der Waals surface area contributed by atoms with Crippen LogP contribution in [-0.2, 0) is 40.4 Å². The van der Waals surface area contributed by atoms with Crippen LogP contribution in [0.2, 0.25) is 0 Å². The minimum absolute atomic E-state index is 0.152. The van der Waals surface area contributed by atoms with Crippen molar-refractivity contribution in [2.75, 3.05) is 40.4 Å². The van der Waals surface area contributed by atoms with Gasteiger partial charge in [-0.1, -0.05) is 13.8 Å². The van der Waals surface area contributed by atoms with Crippen molar-refractivity contribution in [2.45, 2.75) is 25.3 Å². The molecule has 0 N–H and O–H groups in total. The van der Waals surface area contributed by atoms with Crippen molar-refractivity contribution in [1.82, 2.24) is 13.8 Å². The van der Waals surface area contributed by atoms with Gasteiger partial charge in [-0.15, -0.1) is 0 Å². The van der Waals surface area contributed by atoms with E-state index in [0.29, 0.717) is 0 Å². The molecule has 0 radical (unpaired) electrons. The molecule has 1 rings (SSSR count). The standard InChI is InChI=1S/C17H25N3O8S/c1-5-20(6-2)29(25,26)13-7-8-14(21)18(9-13)10-15(22)19(11-16(23)27-3)12-17(24)28-4/h7-9H,5-6,10-12H2,1-4H3. The fraction of sp³-hybridized carbons (Fsp3) is 0.529. The average Bonchev–Trinajstić information content (AvgIpc) is 2.69. The zero-order valence-corrected chi connectivity index (χ0v) is 17.6. The van der Waals surface area contributed by atoms with E-state index in [4.69, 9.17) is 0 Å². The quantitative estimate of drug-likeness (QED) is 0.433. The van der Waals surface area contributed by atoms with Crippen molar-refractivity contribution in [3.8, 4) is 0 Å². The minimum Gasteiger partial charge on any atom is -0.468 e. The number of carbonyl (C=O) groups is 3. The van der Waals surface area contributed by atoms with E-state index >= 15 is 0 Å². The summed E-state index contributed by atoms with van der Waals surface area (Å²) in [5.74, 6) is -2.31. The largest absolute Gasteiger partial charge is 0.468 e. The predicted octanol–water partition coefficient (Wildman–Crippen LogP) is -0.947. The van der Waals surface area contributed by atoms with Gasteiger partial charge in [0.2, 0.25) is 15.9 Å². The van der Waals surface area contributed by atoms with E-state index in [2.05, 4.69) is 9.47 Å². The number of carbonyl (C=O) groups excluding carboxylic acids is 3. The molecule has 12 heteroatoms. The molecule has 0 aliphatic rings. The molecule has 162 valence electrons. The van der Waals surface area contributed by atoms with Gasteiger partial charge < -0.3 is 18.9 Å². The van der Waals surface area contributed by atoms with Crippen molar-refractivity contribution in [3.05, 3.63) is 28.7 Å². The van der Waals surface area contributed by atoms with Crippen molar-refractivity contribution >= 4 is 27.9 Å². The second-order valence-electron chi connectivity index (χ2n) is 5.82. The molecule has 0 saturated carbocycles. The summed E-state index contributed by atoms with van der Waals surface area (Å²) in [6, 6.07) is 2.20. The number of esters is 2. The molecule has 0 spiro atoms. The average molecular weight is 431 g/mol. The lowest BCUT2D eigenvalue weighted by Gasteiger charge is -2.21. The number of sulfonamides is 1. The Morgan fingerprint density at radius 1 is 1.00 bits per heavy atom. The van der Waals surface area contributed by atoms with E-state index in [1.165, 1.54) is 4.31 Å². The SMILES string of the molecule is CCN(CC)S(=O)(=O)c1ccc(=O)n(CC(=O)N(CC(=O)OC)CC(=O)OC)c1. The van der Waals surface area contributed by atoms with E-state index in [1.54, 1.807) is 13.8 Å². The molecule has 0 unspecified atom stereocenters. The summed E-state index contributed by atoms with van der Waals surface area (Å²) < 4.78 is 36.4. The Bertz CT molecular complexity index is 887. The molecule has 1 amide bonds. The molecule has 1 heterocycles. The normalized spacial score (nSPS) is 11.2. The van der Waals surface area contributed by atoms with Crippen molar-refractivity contribution in [1.29, 1.82) is 0 Å². The lowest BCUT2D eigenvalue weighted by Crippen LogP contribution is -2.43. The van der Waals surface area contributed by atoms with Crippen LogP contribution in [0.4, 0.5) is 0 Å². The number of ether oxygens (including phenoxy) is 2. The van der Waals surface area contributed by atoms with Crippen LogP contribution in [0.1, 0.15) is 13.8 Å². The third-order valence-electron chi connectivity index (χ3n) is 4.05. The van der Waals surface area contributed by atoms with Gasteiger partial charge in [-0.25, -0.2) is 8.42 Å². The molecule has 0 aromatic carbocycles. The number of aromatic nitrogens is 1. The molecule has 0 saturated heterocycles. The topological polar surface area (TPSA) is 132 Å². The van der Waals surface area contributed by atoms with Crippen molar-refractivity contribution in [2.24, 2.45) is 0 Å². The number of nitrogens with zero attached hydrogens (tertiary/aromatic N) is 3. The van der Waals surface area contributed by atoms with Crippen LogP contribution in [0.5, 0.6) is 0 Å². The van der Waals surface area contributed by atoms with Crippen LogP contribution < -0.4 is 5.56 Å². The molecular formula is C17H25N3O8S. The molecule has 0 bridgehead atoms. The summed E-state index contributed by atoms with van der Waals surface area (Å²) >= 11 is 0. The highest BCUT2D eigenvalue weighted by Gasteiger charge is 2.24. The number of rotatable bonds is 10. The summed E-state index contributed by atoms with van der Waals surface area (Å²) in [6.07, 6.45) is 1.06. The second kappa shape index (κ2) is 10.7. The summed E-state index contributed by atoms with van der Waals surface area (Å²) in [5, 5.41) is 0. The molecule has 1 aromatic heterocycles. The fourth-order valence-corrected chi connectivity index (χ4v) is 3.90. The van der Waals surface area contributed by atoms with Gasteiger partial charge in [-0.3, -0.25) is 19.2 Å². The number of hydrogen-bond acceptors (Lipinski definition) is 8. The van der Waals surface area contributed by atoms with Crippen LogP contribution in [0, 0.1) is 0 Å². The predicted molar refractivity (Wildman–Crippen MR) is 101 cm³/mol. The third-order valence-corrected chi connectivity index (χ3v) is 6.09. The Labute approximate surface area is 168 Å². The maximum Gasteiger partial charge on any atom is 0.325 e. The first-order chi connectivity index (χ1) is 13.6. The van der Waals surface area contributed by atoms with Gasteiger partial charge in [0.25, 0.3) is 5.56 Å². The molecule has 0 fully saturated rings. The Hall–Kier alpha value is -2.73. The van der Waals surface area contributed by atoms with Crippen LogP contribution >= 0.6 is 0 Å². The van der Waals surface area contributed by atoms with E-state index in [-0.39, 0.29) is 18.0 Å². The zero-order chi connectivity index (χ0) is 22.2. The van der Waals surface area contributed by atoms with Crippen LogP contribution in [0.15, 0.2) is 28.0 Å². The zero-order valence-electron chi connectivity index (χ0n) is 16.8. The minimum atomic E-state index is -3.84. The summed E-state index contributed by atoms with van der Waals surface area (Å²) in [7, 11) is -1.60. The van der Waals surface area contributed by atoms with E-state index < -0.39 is 53.1 Å². The molecule has 29 heavy (non-hydrogen) atoms. The Kier molecular flexibility index (Phi) is 8.98. The Balaban J connectivity index is 3.20. The number of amides is 1. The fourth-order valence-electron chi connectivity index (χ4n) is 2.42. The van der Waals surface area contributed by atoms with Crippen LogP contribution in [0.25, 0.3) is 0 Å². The maximum absolute atomic E-state index is 12.6. The molecule has 1 aromatic rings. The van der Waals surface area contributed by atoms with E-state index in [1.807, 2.05) is 0 Å². The molecule has 11 nitrogen and oxygen atoms in total. The van der Waals surface area contributed by atoms with Gasteiger partial charge in [-0.2, -0.15) is 4.31 Å². The van der Waals surface area contributed by atoms with Gasteiger partial charge in [-0.05, 0) is 6.07 Å². The lowest BCUT2D eigenvalue weighted by molar-refractivity contribution is -0.152. The summed E-state index contributed by atoms with van der Waals surface area (Å²) in [5.41, 5.74) is -0.618.